The number of hydrogen-bond donors (Lipinski definition) is 1. The van der Waals surface area contributed by atoms with E-state index in [1.165, 1.54) is 0 Å². The molecule has 1 unspecified atom stereocenters. The Hall–Kier alpha value is -2.59. The van der Waals surface area contributed by atoms with Gasteiger partial charge >= 0.3 is 6.09 Å². The van der Waals surface area contributed by atoms with Gasteiger partial charge in [0.2, 0.25) is 5.24 Å². The molecular weight excluding hydrogens is 350 g/mol. The summed E-state index contributed by atoms with van der Waals surface area (Å²) in [5, 5.41) is -0.560. The van der Waals surface area contributed by atoms with Crippen LogP contribution in [0.5, 0.6) is 0 Å². The summed E-state index contributed by atoms with van der Waals surface area (Å²) < 4.78 is 5.30. The number of benzene rings is 2. The third-order valence-electron chi connectivity index (χ3n) is 4.86. The lowest BCUT2D eigenvalue weighted by Gasteiger charge is -2.26. The number of rotatable bonds is 7. The van der Waals surface area contributed by atoms with Crippen molar-refractivity contribution in [1.29, 1.82) is 0 Å². The van der Waals surface area contributed by atoms with Gasteiger partial charge in [-0.15, -0.1) is 6.58 Å². The van der Waals surface area contributed by atoms with Crippen molar-refractivity contribution in [3.8, 4) is 11.1 Å². The average molecular weight is 370 g/mol. The molecule has 0 aromatic heterocycles. The van der Waals surface area contributed by atoms with Gasteiger partial charge in [0.05, 0.1) is 5.92 Å². The summed E-state index contributed by atoms with van der Waals surface area (Å²) >= 11 is 5.77. The fourth-order valence-corrected chi connectivity index (χ4v) is 3.99. The van der Waals surface area contributed by atoms with Gasteiger partial charge in [-0.05, 0) is 46.7 Å². The Bertz CT molecular complexity index is 803. The van der Waals surface area contributed by atoms with E-state index in [9.17, 15) is 9.59 Å². The van der Waals surface area contributed by atoms with Crippen molar-refractivity contribution in [2.75, 3.05) is 0 Å². The molecule has 0 spiro atoms. The Labute approximate surface area is 157 Å². The summed E-state index contributed by atoms with van der Waals surface area (Å²) in [6, 6.07) is 16.2. The van der Waals surface area contributed by atoms with Crippen LogP contribution in [0.4, 0.5) is 4.79 Å². The molecule has 1 amide bonds. The van der Waals surface area contributed by atoms with E-state index in [2.05, 4.69) is 30.8 Å². The summed E-state index contributed by atoms with van der Waals surface area (Å²) in [6.45, 7) is 3.67. The van der Waals surface area contributed by atoms with Crippen LogP contribution in [0.2, 0.25) is 0 Å². The van der Waals surface area contributed by atoms with Crippen LogP contribution in [0.1, 0.15) is 29.9 Å². The highest BCUT2D eigenvalue weighted by Crippen LogP contribution is 2.47. The molecule has 134 valence electrons. The molecule has 2 N–H and O–H groups in total. The van der Waals surface area contributed by atoms with Crippen LogP contribution >= 0.6 is 11.6 Å². The van der Waals surface area contributed by atoms with Crippen molar-refractivity contribution in [2.24, 2.45) is 11.7 Å². The zero-order chi connectivity index (χ0) is 18.7. The van der Waals surface area contributed by atoms with Crippen LogP contribution in [-0.2, 0) is 9.53 Å². The number of primary amides is 1. The lowest BCUT2D eigenvalue weighted by Crippen LogP contribution is -2.34. The summed E-state index contributed by atoms with van der Waals surface area (Å²) in [7, 11) is 0. The summed E-state index contributed by atoms with van der Waals surface area (Å²) in [5.41, 5.74) is 9.85. The van der Waals surface area contributed by atoms with Crippen molar-refractivity contribution >= 4 is 22.9 Å². The largest absolute Gasteiger partial charge is 0.446 e. The smallest absolute Gasteiger partial charge is 0.404 e. The number of ether oxygens (including phenoxy) is 1. The molecule has 0 bridgehead atoms. The minimum atomic E-state index is -0.915. The Morgan fingerprint density at radius 2 is 1.65 bits per heavy atom. The number of amides is 1. The Morgan fingerprint density at radius 3 is 2.12 bits per heavy atom. The molecule has 2 aromatic carbocycles. The van der Waals surface area contributed by atoms with Crippen LogP contribution in [0, 0.1) is 5.92 Å². The monoisotopic (exact) mass is 369 g/mol. The number of allylic oxidation sites excluding steroid dienone is 1. The van der Waals surface area contributed by atoms with E-state index in [1.54, 1.807) is 6.08 Å². The fourth-order valence-electron chi connectivity index (χ4n) is 3.76. The molecule has 0 fully saturated rings. The summed E-state index contributed by atoms with van der Waals surface area (Å²) in [4.78, 5) is 23.3. The highest BCUT2D eigenvalue weighted by atomic mass is 35.5. The lowest BCUT2D eigenvalue weighted by atomic mass is 9.86. The SMILES string of the molecule is C=CCC(C(=O)Cl)[C@H](CC1c2ccccc2-c2ccccc21)OC(N)=O. The normalized spacial score (nSPS) is 14.8. The Morgan fingerprint density at radius 1 is 1.12 bits per heavy atom. The molecule has 0 heterocycles. The molecular formula is C21H20ClNO3. The van der Waals surface area contributed by atoms with Crippen molar-refractivity contribution in [3.63, 3.8) is 0 Å². The molecule has 0 saturated carbocycles. The van der Waals surface area contributed by atoms with Crippen LogP contribution in [-0.4, -0.2) is 17.4 Å². The van der Waals surface area contributed by atoms with E-state index in [4.69, 9.17) is 22.1 Å². The summed E-state index contributed by atoms with van der Waals surface area (Å²) in [5.74, 6) is -0.684. The molecule has 26 heavy (non-hydrogen) atoms. The van der Waals surface area contributed by atoms with Gasteiger partial charge < -0.3 is 10.5 Å². The van der Waals surface area contributed by atoms with Gasteiger partial charge in [0.15, 0.2) is 0 Å². The van der Waals surface area contributed by atoms with Gasteiger partial charge in [-0.2, -0.15) is 0 Å². The molecule has 1 aliphatic rings. The first-order valence-corrected chi connectivity index (χ1v) is 8.85. The number of fused-ring (bicyclic) bond motifs is 3. The number of nitrogens with two attached hydrogens (primary N) is 1. The second kappa shape index (κ2) is 7.75. The third kappa shape index (κ3) is 3.51. The van der Waals surface area contributed by atoms with Gasteiger partial charge in [0, 0.05) is 5.92 Å². The van der Waals surface area contributed by atoms with Gasteiger partial charge in [0.1, 0.15) is 6.10 Å². The highest BCUT2D eigenvalue weighted by Gasteiger charge is 2.36. The first kappa shape index (κ1) is 18.2. The zero-order valence-corrected chi connectivity index (χ0v) is 15.0. The summed E-state index contributed by atoms with van der Waals surface area (Å²) in [6.07, 6.45) is 0.699. The molecule has 5 heteroatoms. The maximum atomic E-state index is 11.9. The molecule has 4 nitrogen and oxygen atoms in total. The maximum absolute atomic E-state index is 11.9. The van der Waals surface area contributed by atoms with Gasteiger partial charge in [0.25, 0.3) is 0 Å². The van der Waals surface area contributed by atoms with Crippen molar-refractivity contribution in [2.45, 2.75) is 24.9 Å². The van der Waals surface area contributed by atoms with E-state index >= 15 is 0 Å². The van der Waals surface area contributed by atoms with Gasteiger partial charge in [-0.3, -0.25) is 4.79 Å². The van der Waals surface area contributed by atoms with Crippen molar-refractivity contribution < 1.29 is 14.3 Å². The third-order valence-corrected chi connectivity index (χ3v) is 5.14. The number of hydrogen-bond acceptors (Lipinski definition) is 3. The predicted molar refractivity (Wildman–Crippen MR) is 102 cm³/mol. The predicted octanol–water partition coefficient (Wildman–Crippen LogP) is 4.61. The lowest BCUT2D eigenvalue weighted by molar-refractivity contribution is -0.118. The Balaban J connectivity index is 1.99. The standard InChI is InChI=1S/C21H20ClNO3/c1-2-7-17(20(22)24)19(26-21(23)25)12-18-15-10-5-3-8-13(15)14-9-4-6-11-16(14)18/h2-6,8-11,17-19H,1,7,12H2,(H2,23,25)/t17?,19-/m0/s1. The number of carbonyl (C=O) groups is 2. The van der Waals surface area contributed by atoms with Crippen molar-refractivity contribution in [1.82, 2.24) is 0 Å². The van der Waals surface area contributed by atoms with E-state index in [0.717, 1.165) is 22.3 Å². The van der Waals surface area contributed by atoms with Crippen LogP contribution < -0.4 is 5.73 Å². The minimum Gasteiger partial charge on any atom is -0.446 e. The van der Waals surface area contributed by atoms with Gasteiger partial charge in [-0.1, -0.05) is 54.6 Å². The minimum absolute atomic E-state index is 0.00455. The van der Waals surface area contributed by atoms with Gasteiger partial charge in [-0.25, -0.2) is 4.79 Å². The molecule has 0 saturated heterocycles. The number of carbonyl (C=O) groups excluding carboxylic acids is 2. The average Bonchev–Trinajstić information content (AvgIpc) is 2.93. The first-order chi connectivity index (χ1) is 12.5. The second-order valence-corrected chi connectivity index (χ2v) is 6.75. The van der Waals surface area contributed by atoms with Crippen LogP contribution in [0.25, 0.3) is 11.1 Å². The first-order valence-electron chi connectivity index (χ1n) is 8.47. The quantitative estimate of drug-likeness (QED) is 0.572. The fraction of sp³-hybridized carbons (Fsp3) is 0.238. The molecule has 3 rings (SSSR count). The topological polar surface area (TPSA) is 69.4 Å². The maximum Gasteiger partial charge on any atom is 0.404 e. The van der Waals surface area contributed by atoms with E-state index in [0.29, 0.717) is 12.8 Å². The molecule has 2 atom stereocenters. The number of halogens is 1. The highest BCUT2D eigenvalue weighted by molar-refractivity contribution is 6.64. The van der Waals surface area contributed by atoms with Crippen molar-refractivity contribution in [3.05, 3.63) is 72.3 Å². The van der Waals surface area contributed by atoms with E-state index in [-0.39, 0.29) is 5.92 Å². The Kier molecular flexibility index (Phi) is 5.43. The molecule has 0 radical (unpaired) electrons. The molecule has 2 aromatic rings. The van der Waals surface area contributed by atoms with E-state index in [1.807, 2.05) is 24.3 Å². The van der Waals surface area contributed by atoms with Crippen LogP contribution in [0.3, 0.4) is 0 Å². The van der Waals surface area contributed by atoms with E-state index < -0.39 is 23.4 Å². The van der Waals surface area contributed by atoms with Crippen LogP contribution in [0.15, 0.2) is 61.2 Å². The molecule has 0 aliphatic heterocycles. The molecule has 1 aliphatic carbocycles. The second-order valence-electron chi connectivity index (χ2n) is 6.37. The zero-order valence-electron chi connectivity index (χ0n) is 14.2.